The van der Waals surface area contributed by atoms with Gasteiger partial charge in [-0.1, -0.05) is 26.8 Å². The number of rotatable bonds is 6. The first-order valence-electron chi connectivity index (χ1n) is 6.35. The first-order valence-corrected chi connectivity index (χ1v) is 6.35. The Morgan fingerprint density at radius 1 is 1.18 bits per heavy atom. The van der Waals surface area contributed by atoms with Crippen LogP contribution in [0.2, 0.25) is 0 Å². The van der Waals surface area contributed by atoms with Crippen molar-refractivity contribution in [2.45, 2.75) is 52.1 Å². The van der Waals surface area contributed by atoms with Crippen LogP contribution in [0.4, 0.5) is 10.1 Å². The summed E-state index contributed by atoms with van der Waals surface area (Å²) in [5.41, 5.74) is 6.77. The maximum absolute atomic E-state index is 13.3. The molecule has 0 saturated heterocycles. The van der Waals surface area contributed by atoms with Gasteiger partial charge in [-0.25, -0.2) is 4.39 Å². The SMILES string of the molecule is CCC(CC)(CC)NCc1ccc(N)c(F)c1. The van der Waals surface area contributed by atoms with E-state index >= 15 is 0 Å². The molecule has 1 aromatic carbocycles. The van der Waals surface area contributed by atoms with Crippen molar-refractivity contribution in [1.82, 2.24) is 5.32 Å². The number of hydrogen-bond acceptors (Lipinski definition) is 2. The van der Waals surface area contributed by atoms with E-state index in [1.807, 2.05) is 6.07 Å². The Kier molecular flexibility index (Phi) is 4.94. The average Bonchev–Trinajstić information content (AvgIpc) is 2.36. The molecule has 0 unspecified atom stereocenters. The first-order chi connectivity index (χ1) is 8.06. The van der Waals surface area contributed by atoms with Gasteiger partial charge in [0.1, 0.15) is 5.82 Å². The van der Waals surface area contributed by atoms with Crippen LogP contribution in [-0.2, 0) is 6.54 Å². The van der Waals surface area contributed by atoms with Gasteiger partial charge in [0.15, 0.2) is 0 Å². The molecule has 0 bridgehead atoms. The topological polar surface area (TPSA) is 38.0 Å². The minimum Gasteiger partial charge on any atom is -0.396 e. The quantitative estimate of drug-likeness (QED) is 0.745. The molecule has 17 heavy (non-hydrogen) atoms. The average molecular weight is 238 g/mol. The van der Waals surface area contributed by atoms with Crippen LogP contribution in [0.3, 0.4) is 0 Å². The molecule has 0 spiro atoms. The minimum atomic E-state index is -0.334. The minimum absolute atomic E-state index is 0.165. The standard InChI is InChI=1S/C14H23FN2/c1-4-14(5-2,6-3)17-10-11-7-8-13(16)12(15)9-11/h7-9,17H,4-6,10,16H2,1-3H3. The number of nitrogens with one attached hydrogen (secondary N) is 1. The number of hydrogen-bond donors (Lipinski definition) is 2. The molecule has 1 aromatic rings. The summed E-state index contributed by atoms with van der Waals surface area (Å²) < 4.78 is 13.3. The highest BCUT2D eigenvalue weighted by molar-refractivity contribution is 5.41. The van der Waals surface area contributed by atoms with Gasteiger partial charge in [0.2, 0.25) is 0 Å². The van der Waals surface area contributed by atoms with E-state index in [1.54, 1.807) is 6.07 Å². The molecule has 1 rings (SSSR count). The van der Waals surface area contributed by atoms with Gasteiger partial charge in [0.05, 0.1) is 5.69 Å². The van der Waals surface area contributed by atoms with Crippen LogP contribution in [0.5, 0.6) is 0 Å². The lowest BCUT2D eigenvalue weighted by Gasteiger charge is -2.32. The van der Waals surface area contributed by atoms with Gasteiger partial charge in [0.25, 0.3) is 0 Å². The Morgan fingerprint density at radius 2 is 1.76 bits per heavy atom. The van der Waals surface area contributed by atoms with Gasteiger partial charge >= 0.3 is 0 Å². The summed E-state index contributed by atoms with van der Waals surface area (Å²) in [6.45, 7) is 7.24. The maximum atomic E-state index is 13.3. The Labute approximate surface area is 103 Å². The third kappa shape index (κ3) is 3.43. The van der Waals surface area contributed by atoms with Gasteiger partial charge in [-0.15, -0.1) is 0 Å². The van der Waals surface area contributed by atoms with Crippen LogP contribution < -0.4 is 11.1 Å². The van der Waals surface area contributed by atoms with Crippen LogP contribution in [0, 0.1) is 5.82 Å². The van der Waals surface area contributed by atoms with Gasteiger partial charge < -0.3 is 11.1 Å². The van der Waals surface area contributed by atoms with E-state index in [2.05, 4.69) is 26.1 Å². The zero-order chi connectivity index (χ0) is 12.9. The highest BCUT2D eigenvalue weighted by Gasteiger charge is 2.22. The van der Waals surface area contributed by atoms with Crippen molar-refractivity contribution in [2.24, 2.45) is 0 Å². The van der Waals surface area contributed by atoms with Crippen molar-refractivity contribution < 1.29 is 4.39 Å². The van der Waals surface area contributed by atoms with Crippen molar-refractivity contribution in [3.63, 3.8) is 0 Å². The Balaban J connectivity index is 2.68. The molecule has 0 saturated carbocycles. The molecule has 0 aromatic heterocycles. The highest BCUT2D eigenvalue weighted by Crippen LogP contribution is 2.20. The van der Waals surface area contributed by atoms with E-state index in [0.717, 1.165) is 24.8 Å². The lowest BCUT2D eigenvalue weighted by Crippen LogP contribution is -2.43. The second-order valence-electron chi connectivity index (χ2n) is 4.55. The molecule has 96 valence electrons. The molecule has 0 fully saturated rings. The third-order valence-corrected chi connectivity index (χ3v) is 3.76. The number of halogens is 1. The third-order valence-electron chi connectivity index (χ3n) is 3.76. The predicted octanol–water partition coefficient (Wildman–Crippen LogP) is 3.47. The number of nitrogens with two attached hydrogens (primary N) is 1. The second kappa shape index (κ2) is 6.01. The van der Waals surface area contributed by atoms with Gasteiger partial charge in [-0.05, 0) is 37.0 Å². The number of nitrogen functional groups attached to an aromatic ring is 1. The summed E-state index contributed by atoms with van der Waals surface area (Å²) in [4.78, 5) is 0. The summed E-state index contributed by atoms with van der Waals surface area (Å²) in [5, 5.41) is 3.54. The fourth-order valence-corrected chi connectivity index (χ4v) is 2.10. The first kappa shape index (κ1) is 14.0. The van der Waals surface area contributed by atoms with Crippen LogP contribution in [0.25, 0.3) is 0 Å². The smallest absolute Gasteiger partial charge is 0.146 e. The lowest BCUT2D eigenvalue weighted by molar-refractivity contribution is 0.288. The van der Waals surface area contributed by atoms with Crippen molar-refractivity contribution >= 4 is 5.69 Å². The molecule has 0 heterocycles. The largest absolute Gasteiger partial charge is 0.396 e. The van der Waals surface area contributed by atoms with Gasteiger partial charge in [0, 0.05) is 12.1 Å². The lowest BCUT2D eigenvalue weighted by atomic mass is 9.89. The zero-order valence-corrected chi connectivity index (χ0v) is 11.0. The molecule has 0 amide bonds. The fourth-order valence-electron chi connectivity index (χ4n) is 2.10. The molecule has 0 aliphatic carbocycles. The van der Waals surface area contributed by atoms with E-state index in [-0.39, 0.29) is 17.0 Å². The summed E-state index contributed by atoms with van der Waals surface area (Å²) in [5.74, 6) is -0.334. The molecule has 0 aliphatic heterocycles. The van der Waals surface area contributed by atoms with E-state index in [0.29, 0.717) is 6.54 Å². The van der Waals surface area contributed by atoms with E-state index < -0.39 is 0 Å². The summed E-state index contributed by atoms with van der Waals surface area (Å²) in [7, 11) is 0. The van der Waals surface area contributed by atoms with Crippen LogP contribution >= 0.6 is 0 Å². The number of anilines is 1. The van der Waals surface area contributed by atoms with Gasteiger partial charge in [-0.2, -0.15) is 0 Å². The molecule has 2 nitrogen and oxygen atoms in total. The molecular formula is C14H23FN2. The Morgan fingerprint density at radius 3 is 2.24 bits per heavy atom. The fraction of sp³-hybridized carbons (Fsp3) is 0.571. The van der Waals surface area contributed by atoms with Crippen LogP contribution in [0.1, 0.15) is 45.6 Å². The van der Waals surface area contributed by atoms with E-state index in [4.69, 9.17) is 5.73 Å². The molecule has 0 atom stereocenters. The monoisotopic (exact) mass is 238 g/mol. The highest BCUT2D eigenvalue weighted by atomic mass is 19.1. The van der Waals surface area contributed by atoms with Crippen molar-refractivity contribution in [3.05, 3.63) is 29.6 Å². The van der Waals surface area contributed by atoms with Crippen molar-refractivity contribution in [2.75, 3.05) is 5.73 Å². The molecular weight excluding hydrogens is 215 g/mol. The second-order valence-corrected chi connectivity index (χ2v) is 4.55. The zero-order valence-electron chi connectivity index (χ0n) is 11.0. The molecule has 3 N–H and O–H groups in total. The molecule has 3 heteroatoms. The maximum Gasteiger partial charge on any atom is 0.146 e. The van der Waals surface area contributed by atoms with Gasteiger partial charge in [-0.3, -0.25) is 0 Å². The Bertz CT molecular complexity index is 351. The number of benzene rings is 1. The van der Waals surface area contributed by atoms with E-state index in [9.17, 15) is 4.39 Å². The normalized spacial score (nSPS) is 11.8. The van der Waals surface area contributed by atoms with Crippen LogP contribution in [-0.4, -0.2) is 5.54 Å². The predicted molar refractivity (Wildman–Crippen MR) is 71.3 cm³/mol. The summed E-state index contributed by atoms with van der Waals surface area (Å²) >= 11 is 0. The summed E-state index contributed by atoms with van der Waals surface area (Å²) in [6, 6.07) is 5.00. The van der Waals surface area contributed by atoms with Crippen molar-refractivity contribution in [1.29, 1.82) is 0 Å². The molecule has 0 aliphatic rings. The van der Waals surface area contributed by atoms with Crippen LogP contribution in [0.15, 0.2) is 18.2 Å². The summed E-state index contributed by atoms with van der Waals surface area (Å²) in [6.07, 6.45) is 3.24. The Hall–Kier alpha value is -1.09. The van der Waals surface area contributed by atoms with Crippen molar-refractivity contribution in [3.8, 4) is 0 Å². The molecule has 0 radical (unpaired) electrons. The van der Waals surface area contributed by atoms with E-state index in [1.165, 1.54) is 6.07 Å².